The van der Waals surface area contributed by atoms with Crippen LogP contribution in [0.4, 0.5) is 34.1 Å². The second kappa shape index (κ2) is 17.4. The predicted octanol–water partition coefficient (Wildman–Crippen LogP) is 19.0. The van der Waals surface area contributed by atoms with E-state index in [0.717, 1.165) is 34.1 Å². The summed E-state index contributed by atoms with van der Waals surface area (Å²) in [5.41, 5.74) is 25.5. The van der Waals surface area contributed by atoms with Crippen molar-refractivity contribution in [1.29, 1.82) is 0 Å². The first kappa shape index (κ1) is 43.8. The summed E-state index contributed by atoms with van der Waals surface area (Å²) >= 11 is 0. The third-order valence-electron chi connectivity index (χ3n) is 16.5. The number of benzene rings is 12. The molecule has 12 aromatic rings. The molecule has 0 N–H and O–H groups in total. The van der Waals surface area contributed by atoms with Crippen LogP contribution in [0.2, 0.25) is 0 Å². The average molecular weight is 967 g/mol. The molecule has 12 aromatic carbocycles. The first-order valence-electron chi connectivity index (χ1n) is 26.4. The maximum absolute atomic E-state index is 2.52. The van der Waals surface area contributed by atoms with Gasteiger partial charge in [0.2, 0.25) is 0 Å². The molecule has 2 heteroatoms. The molecule has 0 bridgehead atoms. The lowest BCUT2D eigenvalue weighted by Crippen LogP contribution is -2.43. The molecule has 0 unspecified atom stereocenters. The summed E-state index contributed by atoms with van der Waals surface area (Å²) in [6.07, 6.45) is 0. The van der Waals surface area contributed by atoms with Crippen molar-refractivity contribution in [2.45, 2.75) is 10.8 Å². The van der Waals surface area contributed by atoms with Gasteiger partial charge in [0.1, 0.15) is 0 Å². The highest BCUT2D eigenvalue weighted by atomic mass is 15.2. The Kier molecular flexibility index (Phi) is 10.0. The van der Waals surface area contributed by atoms with Crippen LogP contribution >= 0.6 is 0 Å². The van der Waals surface area contributed by atoms with Crippen LogP contribution in [-0.4, -0.2) is 0 Å². The van der Waals surface area contributed by atoms with Crippen LogP contribution in [0.3, 0.4) is 0 Å². The highest BCUT2D eigenvalue weighted by Gasteiger charge is 2.59. The molecular weight excluding hydrogens is 917 g/mol. The number of fused-ring (bicyclic) bond motifs is 16. The van der Waals surface area contributed by atoms with Crippen molar-refractivity contribution in [2.24, 2.45) is 0 Å². The fraction of sp³-hybridized carbons (Fsp3) is 0.0270. The zero-order valence-electron chi connectivity index (χ0n) is 41.8. The number of rotatable bonds is 8. The molecule has 0 saturated carbocycles. The first-order valence-corrected chi connectivity index (χ1v) is 26.4. The smallest absolute Gasteiger partial charge is 0.0720 e. The van der Waals surface area contributed by atoms with Crippen molar-refractivity contribution in [3.8, 4) is 44.5 Å². The van der Waals surface area contributed by atoms with Crippen LogP contribution in [0.15, 0.2) is 303 Å². The van der Waals surface area contributed by atoms with Crippen molar-refractivity contribution in [2.75, 3.05) is 9.80 Å². The molecule has 0 aromatic heterocycles. The number of hydrogen-bond acceptors (Lipinski definition) is 2. The van der Waals surface area contributed by atoms with Crippen LogP contribution in [0.25, 0.3) is 44.5 Å². The number of para-hydroxylation sites is 4. The summed E-state index contributed by atoms with van der Waals surface area (Å²) in [7, 11) is 0. The van der Waals surface area contributed by atoms with Crippen LogP contribution in [0, 0.1) is 0 Å². The second-order valence-corrected chi connectivity index (χ2v) is 20.3. The summed E-state index contributed by atoms with van der Waals surface area (Å²) in [5.74, 6) is 0. The molecule has 356 valence electrons. The molecule has 0 saturated heterocycles. The molecule has 0 radical (unpaired) electrons. The van der Waals surface area contributed by atoms with E-state index in [2.05, 4.69) is 313 Å². The van der Waals surface area contributed by atoms with Crippen LogP contribution in [0.5, 0.6) is 0 Å². The van der Waals surface area contributed by atoms with E-state index in [0.29, 0.717) is 0 Å². The zero-order chi connectivity index (χ0) is 50.2. The Morgan fingerprint density at radius 2 is 0.461 bits per heavy atom. The van der Waals surface area contributed by atoms with E-state index < -0.39 is 10.8 Å². The molecule has 3 aliphatic carbocycles. The number of hydrogen-bond donors (Lipinski definition) is 0. The molecule has 0 atom stereocenters. The molecule has 0 heterocycles. The van der Waals surface area contributed by atoms with Crippen molar-refractivity contribution >= 4 is 34.1 Å². The molecule has 2 spiro atoms. The van der Waals surface area contributed by atoms with Crippen molar-refractivity contribution < 1.29 is 0 Å². The lowest BCUT2D eigenvalue weighted by molar-refractivity contribution is 0.633. The maximum Gasteiger partial charge on any atom is 0.0720 e. The molecule has 2 nitrogen and oxygen atoms in total. The summed E-state index contributed by atoms with van der Waals surface area (Å²) in [4.78, 5) is 4.92. The van der Waals surface area contributed by atoms with Gasteiger partial charge < -0.3 is 9.80 Å². The summed E-state index contributed by atoms with van der Waals surface area (Å²) in [6, 6.07) is 113. The Balaban J connectivity index is 1.00. The lowest BCUT2D eigenvalue weighted by Gasteiger charge is -2.49. The van der Waals surface area contributed by atoms with Gasteiger partial charge in [-0.2, -0.15) is 0 Å². The first-order chi connectivity index (χ1) is 37.7. The van der Waals surface area contributed by atoms with Gasteiger partial charge in [-0.3, -0.25) is 0 Å². The van der Waals surface area contributed by atoms with E-state index in [1.54, 1.807) is 0 Å². The van der Waals surface area contributed by atoms with Crippen molar-refractivity contribution in [3.05, 3.63) is 348 Å². The quantitative estimate of drug-likeness (QED) is 0.150. The Bertz CT molecular complexity index is 3860. The topological polar surface area (TPSA) is 6.48 Å². The molecular formula is C74H50N2. The van der Waals surface area contributed by atoms with Gasteiger partial charge in [-0.25, -0.2) is 0 Å². The third kappa shape index (κ3) is 6.28. The Labute approximate surface area is 444 Å². The fourth-order valence-electron chi connectivity index (χ4n) is 13.6. The van der Waals surface area contributed by atoms with Gasteiger partial charge in [-0.05, 0) is 139 Å². The fourth-order valence-corrected chi connectivity index (χ4v) is 13.6. The predicted molar refractivity (Wildman–Crippen MR) is 315 cm³/mol. The molecule has 76 heavy (non-hydrogen) atoms. The Morgan fingerprint density at radius 1 is 0.184 bits per heavy atom. The van der Waals surface area contributed by atoms with Gasteiger partial charge in [0.05, 0.1) is 22.2 Å². The highest BCUT2D eigenvalue weighted by molar-refractivity contribution is 5.97. The Hall–Kier alpha value is -9.76. The monoisotopic (exact) mass is 966 g/mol. The highest BCUT2D eigenvalue weighted by Crippen LogP contribution is 2.68. The third-order valence-corrected chi connectivity index (χ3v) is 16.5. The second-order valence-electron chi connectivity index (χ2n) is 20.3. The van der Waals surface area contributed by atoms with Crippen molar-refractivity contribution in [1.82, 2.24) is 0 Å². The molecule has 0 aliphatic heterocycles. The minimum absolute atomic E-state index is 0.665. The molecule has 0 fully saturated rings. The van der Waals surface area contributed by atoms with E-state index in [1.165, 1.54) is 89.0 Å². The molecule has 3 aliphatic rings. The van der Waals surface area contributed by atoms with Crippen LogP contribution in [-0.2, 0) is 10.8 Å². The lowest BCUT2D eigenvalue weighted by atomic mass is 9.52. The van der Waals surface area contributed by atoms with Gasteiger partial charge in [0, 0.05) is 33.9 Å². The van der Waals surface area contributed by atoms with E-state index in [4.69, 9.17) is 0 Å². The van der Waals surface area contributed by atoms with E-state index in [-0.39, 0.29) is 0 Å². The zero-order valence-corrected chi connectivity index (χ0v) is 41.8. The number of nitrogens with zero attached hydrogens (tertiary/aromatic N) is 2. The summed E-state index contributed by atoms with van der Waals surface area (Å²) in [5, 5.41) is 0. The van der Waals surface area contributed by atoms with Crippen LogP contribution in [0.1, 0.15) is 44.5 Å². The maximum atomic E-state index is 2.52. The average Bonchev–Trinajstić information content (AvgIpc) is 3.99. The van der Waals surface area contributed by atoms with Crippen LogP contribution < -0.4 is 9.80 Å². The number of anilines is 6. The normalized spacial score (nSPS) is 16.0. The van der Waals surface area contributed by atoms with E-state index in [1.807, 2.05) is 0 Å². The van der Waals surface area contributed by atoms with Gasteiger partial charge in [-0.15, -0.1) is 0 Å². The molecule has 0 amide bonds. The van der Waals surface area contributed by atoms with Gasteiger partial charge in [0.25, 0.3) is 0 Å². The summed E-state index contributed by atoms with van der Waals surface area (Å²) in [6.45, 7) is 0. The summed E-state index contributed by atoms with van der Waals surface area (Å²) < 4.78 is 0. The minimum atomic E-state index is -0.665. The van der Waals surface area contributed by atoms with E-state index in [9.17, 15) is 0 Å². The van der Waals surface area contributed by atoms with Gasteiger partial charge in [-0.1, -0.05) is 243 Å². The molecule has 15 rings (SSSR count). The van der Waals surface area contributed by atoms with Gasteiger partial charge in [0.15, 0.2) is 0 Å². The van der Waals surface area contributed by atoms with Crippen molar-refractivity contribution in [3.63, 3.8) is 0 Å². The minimum Gasteiger partial charge on any atom is -0.310 e. The Morgan fingerprint density at radius 3 is 0.829 bits per heavy atom. The van der Waals surface area contributed by atoms with E-state index >= 15 is 0 Å². The SMILES string of the molecule is c1ccc(-c2ccccc2N(c2ccccc2)c2ccc3c(c2)C2(c4ccccc4-3)c3ccccc3C3(c4ccccc4-c4ccc(N(c5ccccc5)c5ccccc5-c5ccccc5)cc43)c3ccccc32)cc1. The van der Waals surface area contributed by atoms with Gasteiger partial charge >= 0.3 is 0 Å². The largest absolute Gasteiger partial charge is 0.310 e. The standard InChI is InChI=1S/C74H50N2/c1-5-25-51(26-6-1)57-33-15-23-43-71(57)75(53-29-9-3-10-30-53)55-45-47-61-59-35-13-17-37-63(59)73(69(61)49-55)65-39-19-21-41-67(65)74(68-42-22-20-40-66(68)73)64-38-18-14-36-60(64)62-48-46-56(50-70(62)74)76(54-31-11-4-12-32-54)72-44-24-16-34-58(72)52-27-7-2-8-28-52/h1-50H.